The lowest BCUT2D eigenvalue weighted by Crippen LogP contribution is -2.30. The van der Waals surface area contributed by atoms with Gasteiger partial charge in [-0.25, -0.2) is 0 Å². The average Bonchev–Trinajstić information content (AvgIpc) is 2.77. The van der Waals surface area contributed by atoms with Crippen LogP contribution in [0.2, 0.25) is 0 Å². The molecule has 0 saturated carbocycles. The monoisotopic (exact) mass is 543 g/mol. The molecule has 0 unspecified atom stereocenters. The van der Waals surface area contributed by atoms with E-state index in [-0.39, 0.29) is 24.0 Å². The number of halogens is 1. The topological polar surface area (TPSA) is 73.3 Å². The van der Waals surface area contributed by atoms with Crippen molar-refractivity contribution in [3.8, 4) is 11.5 Å². The molecule has 0 aliphatic rings. The molecular formula is C23H34IN3O4. The first-order valence-corrected chi connectivity index (χ1v) is 10.2. The smallest absolute Gasteiger partial charge is 0.195 e. The van der Waals surface area contributed by atoms with Crippen molar-refractivity contribution in [2.75, 3.05) is 45.9 Å². The summed E-state index contributed by atoms with van der Waals surface area (Å²) in [7, 11) is 3.37. The standard InChI is InChI=1S/C23H33N3O4.HI/c1-5-28-12-13-29-17-19-9-7-8-18(14-19)16-25-23(24-3)26-20-10-11-21(30-6-2)22(15-20)27-4;/h7-11,14-15H,5-6,12-13,16-17H2,1-4H3,(H2,24,25,26);1H. The molecule has 2 rings (SSSR count). The lowest BCUT2D eigenvalue weighted by molar-refractivity contribution is 0.0453. The van der Waals surface area contributed by atoms with Gasteiger partial charge in [0.15, 0.2) is 17.5 Å². The molecule has 7 nitrogen and oxygen atoms in total. The molecule has 0 amide bonds. The molecule has 0 aliphatic carbocycles. The summed E-state index contributed by atoms with van der Waals surface area (Å²) >= 11 is 0. The van der Waals surface area contributed by atoms with Crippen LogP contribution in [0.3, 0.4) is 0 Å². The van der Waals surface area contributed by atoms with Crippen LogP contribution in [0.5, 0.6) is 11.5 Å². The van der Waals surface area contributed by atoms with Crippen LogP contribution < -0.4 is 20.1 Å². The molecule has 172 valence electrons. The van der Waals surface area contributed by atoms with Crippen molar-refractivity contribution in [1.29, 1.82) is 0 Å². The SMILES string of the molecule is CCOCCOCc1cccc(CNC(=NC)Nc2ccc(OCC)c(OC)c2)c1.I. The van der Waals surface area contributed by atoms with Gasteiger partial charge in [-0.2, -0.15) is 0 Å². The predicted molar refractivity (Wildman–Crippen MR) is 136 cm³/mol. The van der Waals surface area contributed by atoms with Crippen molar-refractivity contribution >= 4 is 35.6 Å². The van der Waals surface area contributed by atoms with Gasteiger partial charge >= 0.3 is 0 Å². The first-order chi connectivity index (χ1) is 14.7. The molecule has 2 aromatic carbocycles. The molecule has 0 fully saturated rings. The highest BCUT2D eigenvalue weighted by Gasteiger charge is 2.07. The maximum atomic E-state index is 5.65. The predicted octanol–water partition coefficient (Wildman–Crippen LogP) is 4.45. The van der Waals surface area contributed by atoms with E-state index in [9.17, 15) is 0 Å². The minimum atomic E-state index is 0. The Morgan fingerprint density at radius 2 is 1.71 bits per heavy atom. The third kappa shape index (κ3) is 9.75. The Bertz CT molecular complexity index is 802. The molecule has 0 aromatic heterocycles. The molecule has 0 saturated heterocycles. The summed E-state index contributed by atoms with van der Waals surface area (Å²) in [5, 5.41) is 6.60. The van der Waals surface area contributed by atoms with Gasteiger partial charge < -0.3 is 29.6 Å². The summed E-state index contributed by atoms with van der Waals surface area (Å²) in [5.74, 6) is 2.06. The molecule has 0 atom stereocenters. The molecule has 31 heavy (non-hydrogen) atoms. The molecule has 0 radical (unpaired) electrons. The van der Waals surface area contributed by atoms with Crippen molar-refractivity contribution in [2.24, 2.45) is 4.99 Å². The van der Waals surface area contributed by atoms with E-state index < -0.39 is 0 Å². The van der Waals surface area contributed by atoms with E-state index in [1.165, 1.54) is 0 Å². The fourth-order valence-corrected chi connectivity index (χ4v) is 2.80. The Kier molecular flexibility index (Phi) is 13.7. The first-order valence-electron chi connectivity index (χ1n) is 10.2. The lowest BCUT2D eigenvalue weighted by atomic mass is 10.1. The fraction of sp³-hybridized carbons (Fsp3) is 0.435. The highest BCUT2D eigenvalue weighted by molar-refractivity contribution is 14.0. The maximum Gasteiger partial charge on any atom is 0.195 e. The van der Waals surface area contributed by atoms with E-state index >= 15 is 0 Å². The molecule has 2 aromatic rings. The van der Waals surface area contributed by atoms with E-state index in [4.69, 9.17) is 18.9 Å². The quantitative estimate of drug-likeness (QED) is 0.178. The summed E-state index contributed by atoms with van der Waals surface area (Å²) in [6.45, 7) is 7.65. The molecule has 8 heteroatoms. The van der Waals surface area contributed by atoms with Crippen molar-refractivity contribution in [2.45, 2.75) is 27.0 Å². The Labute approximate surface area is 202 Å². The summed E-state index contributed by atoms with van der Waals surface area (Å²) in [6, 6.07) is 14.0. The zero-order chi connectivity index (χ0) is 21.6. The van der Waals surface area contributed by atoms with E-state index in [2.05, 4.69) is 33.8 Å². The number of nitrogens with zero attached hydrogens (tertiary/aromatic N) is 1. The first kappa shape index (κ1) is 27.0. The molecular weight excluding hydrogens is 509 g/mol. The van der Waals surface area contributed by atoms with Crippen LogP contribution in [0.4, 0.5) is 5.69 Å². The summed E-state index contributed by atoms with van der Waals surface area (Å²) < 4.78 is 21.9. The number of nitrogens with one attached hydrogen (secondary N) is 2. The van der Waals surface area contributed by atoms with E-state index in [1.54, 1.807) is 14.2 Å². The molecule has 0 heterocycles. The molecule has 0 bridgehead atoms. The van der Waals surface area contributed by atoms with Crippen LogP contribution in [-0.2, 0) is 22.6 Å². The summed E-state index contributed by atoms with van der Waals surface area (Å²) in [4.78, 5) is 4.30. The highest BCUT2D eigenvalue weighted by Crippen LogP contribution is 2.30. The lowest BCUT2D eigenvalue weighted by Gasteiger charge is -2.15. The minimum Gasteiger partial charge on any atom is -0.493 e. The molecule has 2 N–H and O–H groups in total. The van der Waals surface area contributed by atoms with Gasteiger partial charge in [-0.3, -0.25) is 4.99 Å². The van der Waals surface area contributed by atoms with Gasteiger partial charge in [0.2, 0.25) is 0 Å². The van der Waals surface area contributed by atoms with Crippen LogP contribution >= 0.6 is 24.0 Å². The highest BCUT2D eigenvalue weighted by atomic mass is 127. The van der Waals surface area contributed by atoms with Crippen molar-refractivity contribution in [3.05, 3.63) is 53.6 Å². The van der Waals surface area contributed by atoms with Crippen molar-refractivity contribution < 1.29 is 18.9 Å². The fourth-order valence-electron chi connectivity index (χ4n) is 2.80. The number of ether oxygens (including phenoxy) is 4. The van der Waals surface area contributed by atoms with Gasteiger partial charge in [0.05, 0.1) is 33.5 Å². The van der Waals surface area contributed by atoms with Gasteiger partial charge in [-0.1, -0.05) is 24.3 Å². The number of hydrogen-bond acceptors (Lipinski definition) is 5. The van der Waals surface area contributed by atoms with Crippen LogP contribution in [0.15, 0.2) is 47.5 Å². The third-order valence-corrected chi connectivity index (χ3v) is 4.25. The van der Waals surface area contributed by atoms with Gasteiger partial charge in [0, 0.05) is 32.0 Å². The summed E-state index contributed by atoms with van der Waals surface area (Å²) in [5.41, 5.74) is 3.14. The number of hydrogen-bond donors (Lipinski definition) is 2. The largest absolute Gasteiger partial charge is 0.493 e. The zero-order valence-electron chi connectivity index (χ0n) is 18.8. The number of benzene rings is 2. The summed E-state index contributed by atoms with van der Waals surface area (Å²) in [6.07, 6.45) is 0. The Balaban J connectivity index is 0.00000480. The number of methoxy groups -OCH3 is 1. The second-order valence-corrected chi connectivity index (χ2v) is 6.42. The van der Waals surface area contributed by atoms with Crippen molar-refractivity contribution in [1.82, 2.24) is 5.32 Å². The van der Waals surface area contributed by atoms with Gasteiger partial charge in [-0.05, 0) is 37.1 Å². The van der Waals surface area contributed by atoms with Crippen LogP contribution in [0.25, 0.3) is 0 Å². The normalized spacial score (nSPS) is 10.9. The van der Waals surface area contributed by atoms with Gasteiger partial charge in [-0.15, -0.1) is 24.0 Å². The average molecular weight is 543 g/mol. The number of rotatable bonds is 12. The third-order valence-electron chi connectivity index (χ3n) is 4.25. The second kappa shape index (κ2) is 15.7. The number of anilines is 1. The van der Waals surface area contributed by atoms with Crippen LogP contribution in [0, 0.1) is 0 Å². The number of guanidine groups is 1. The zero-order valence-corrected chi connectivity index (χ0v) is 21.1. The van der Waals surface area contributed by atoms with Crippen molar-refractivity contribution in [3.63, 3.8) is 0 Å². The Morgan fingerprint density at radius 3 is 2.42 bits per heavy atom. The molecule has 0 spiro atoms. The van der Waals surface area contributed by atoms with Crippen LogP contribution in [0.1, 0.15) is 25.0 Å². The van der Waals surface area contributed by atoms with Crippen LogP contribution in [-0.4, -0.2) is 46.5 Å². The van der Waals surface area contributed by atoms with E-state index in [1.807, 2.05) is 38.1 Å². The number of aliphatic imine (C=N–C) groups is 1. The molecule has 0 aliphatic heterocycles. The maximum absolute atomic E-state index is 5.65. The minimum absolute atomic E-state index is 0. The second-order valence-electron chi connectivity index (χ2n) is 6.42. The van der Waals surface area contributed by atoms with E-state index in [0.717, 1.165) is 16.8 Å². The van der Waals surface area contributed by atoms with Gasteiger partial charge in [0.25, 0.3) is 0 Å². The van der Waals surface area contributed by atoms with Gasteiger partial charge in [0.1, 0.15) is 0 Å². The van der Waals surface area contributed by atoms with E-state index in [0.29, 0.717) is 57.0 Å². The Hall–Kier alpha value is -2.04. The Morgan fingerprint density at radius 1 is 0.935 bits per heavy atom.